The fourth-order valence-electron chi connectivity index (χ4n) is 5.67. The number of thioether (sulfide) groups is 1. The summed E-state index contributed by atoms with van der Waals surface area (Å²) in [6.45, 7) is -0.0467. The zero-order valence-electron chi connectivity index (χ0n) is 27.8. The van der Waals surface area contributed by atoms with Crippen molar-refractivity contribution in [1.29, 1.82) is 0 Å². The molecular formula is C39H43N3O7S. The summed E-state index contributed by atoms with van der Waals surface area (Å²) in [6.07, 6.45) is 3.30. The molecule has 0 aliphatic carbocycles. The minimum absolute atomic E-state index is 0.0467. The molecule has 1 aliphatic heterocycles. The van der Waals surface area contributed by atoms with Gasteiger partial charge in [0.05, 0.1) is 35.8 Å². The molecule has 1 fully saturated rings. The molecule has 5 rings (SSSR count). The third-order valence-corrected chi connectivity index (χ3v) is 9.62. The van der Waals surface area contributed by atoms with Gasteiger partial charge in [0.2, 0.25) is 11.8 Å². The summed E-state index contributed by atoms with van der Waals surface area (Å²) in [5.74, 6) is -0.596. The highest BCUT2D eigenvalue weighted by Gasteiger charge is 2.32. The molecule has 4 aromatic carbocycles. The van der Waals surface area contributed by atoms with Crippen molar-refractivity contribution in [1.82, 2.24) is 0 Å². The first-order valence-electron chi connectivity index (χ1n) is 16.8. The molecular weight excluding hydrogens is 655 g/mol. The zero-order chi connectivity index (χ0) is 35.3. The Bertz CT molecular complexity index is 1730. The first-order chi connectivity index (χ1) is 24.3. The van der Waals surface area contributed by atoms with Gasteiger partial charge >= 0.3 is 5.97 Å². The number of rotatable bonds is 16. The number of anilines is 3. The SMILES string of the molecule is Nc1ccccc1NC(=O)CCCCCCC(=O)Nc1ccc([C@H]2O[C@@H](CSc3ccccc3C(=O)O)C[C@@H](c3ccc(CO)cc3)O2)cc1. The number of carbonyl (C=O) groups excluding carboxylic acids is 2. The number of unbranched alkanes of at least 4 members (excludes halogenated alkanes) is 3. The van der Waals surface area contributed by atoms with E-state index < -0.39 is 12.3 Å². The van der Waals surface area contributed by atoms with Crippen LogP contribution in [-0.4, -0.2) is 39.9 Å². The first kappa shape index (κ1) is 36.6. The number of carboxylic acids is 1. The first-order valence-corrected chi connectivity index (χ1v) is 17.8. The quantitative estimate of drug-likeness (QED) is 0.0449. The van der Waals surface area contributed by atoms with Crippen LogP contribution < -0.4 is 16.4 Å². The number of aromatic carboxylic acids is 1. The van der Waals surface area contributed by atoms with Crippen molar-refractivity contribution >= 4 is 46.6 Å². The van der Waals surface area contributed by atoms with Gasteiger partial charge in [-0.1, -0.05) is 73.5 Å². The predicted molar refractivity (Wildman–Crippen MR) is 195 cm³/mol. The van der Waals surface area contributed by atoms with Gasteiger partial charge in [0.25, 0.3) is 0 Å². The average molecular weight is 698 g/mol. The second-order valence-electron chi connectivity index (χ2n) is 12.2. The highest BCUT2D eigenvalue weighted by molar-refractivity contribution is 7.99. The highest BCUT2D eigenvalue weighted by atomic mass is 32.2. The smallest absolute Gasteiger partial charge is 0.336 e. The number of aliphatic hydroxyl groups is 1. The third kappa shape index (κ3) is 10.7. The van der Waals surface area contributed by atoms with Crippen LogP contribution >= 0.6 is 11.8 Å². The Morgan fingerprint density at radius 3 is 2.08 bits per heavy atom. The van der Waals surface area contributed by atoms with Crippen LogP contribution in [0.1, 0.15) is 84.4 Å². The maximum Gasteiger partial charge on any atom is 0.336 e. The van der Waals surface area contributed by atoms with Gasteiger partial charge in [-0.05, 0) is 60.4 Å². The van der Waals surface area contributed by atoms with E-state index in [2.05, 4.69) is 10.6 Å². The molecule has 1 heterocycles. The Morgan fingerprint density at radius 2 is 1.40 bits per heavy atom. The van der Waals surface area contributed by atoms with Crippen LogP contribution in [0.3, 0.4) is 0 Å². The predicted octanol–water partition coefficient (Wildman–Crippen LogP) is 7.71. The van der Waals surface area contributed by atoms with Crippen LogP contribution in [0.5, 0.6) is 0 Å². The summed E-state index contributed by atoms with van der Waals surface area (Å²) in [7, 11) is 0. The van der Waals surface area contributed by atoms with Gasteiger partial charge < -0.3 is 36.1 Å². The molecule has 4 aromatic rings. The number of ether oxygens (including phenoxy) is 2. The molecule has 2 amide bonds. The van der Waals surface area contributed by atoms with Gasteiger partial charge in [-0.2, -0.15) is 0 Å². The minimum atomic E-state index is -0.972. The number of nitrogens with two attached hydrogens (primary N) is 1. The van der Waals surface area contributed by atoms with Crippen molar-refractivity contribution in [3.63, 3.8) is 0 Å². The fourth-order valence-corrected chi connectivity index (χ4v) is 6.74. The molecule has 3 atom stereocenters. The highest BCUT2D eigenvalue weighted by Crippen LogP contribution is 2.40. The largest absolute Gasteiger partial charge is 0.478 e. The van der Waals surface area contributed by atoms with Crippen LogP contribution in [0.25, 0.3) is 0 Å². The molecule has 0 aromatic heterocycles. The second-order valence-corrected chi connectivity index (χ2v) is 13.2. The van der Waals surface area contributed by atoms with Gasteiger partial charge in [0, 0.05) is 41.2 Å². The normalized spacial score (nSPS) is 17.2. The molecule has 11 heteroatoms. The number of amides is 2. The lowest BCUT2D eigenvalue weighted by atomic mass is 10.0. The van der Waals surface area contributed by atoms with E-state index in [9.17, 15) is 24.6 Å². The van der Waals surface area contributed by atoms with E-state index in [1.54, 1.807) is 30.3 Å². The number of hydrogen-bond donors (Lipinski definition) is 5. The Labute approximate surface area is 296 Å². The number of hydrogen-bond acceptors (Lipinski definition) is 8. The molecule has 262 valence electrons. The summed E-state index contributed by atoms with van der Waals surface area (Å²) in [5, 5.41) is 24.9. The van der Waals surface area contributed by atoms with Crippen molar-refractivity contribution in [3.05, 3.63) is 119 Å². The Kier molecular flexibility index (Phi) is 13.4. The molecule has 0 spiro atoms. The molecule has 0 radical (unpaired) electrons. The van der Waals surface area contributed by atoms with E-state index in [-0.39, 0.29) is 36.2 Å². The number of nitrogens with one attached hydrogen (secondary N) is 2. The van der Waals surface area contributed by atoms with E-state index >= 15 is 0 Å². The fraction of sp³-hybridized carbons (Fsp3) is 0.308. The van der Waals surface area contributed by atoms with Crippen molar-refractivity contribution in [2.75, 3.05) is 22.1 Å². The number of carboxylic acid groups (broad SMARTS) is 1. The van der Waals surface area contributed by atoms with Gasteiger partial charge in [0.1, 0.15) is 0 Å². The van der Waals surface area contributed by atoms with E-state index in [4.69, 9.17) is 15.2 Å². The number of para-hydroxylation sites is 2. The Hall–Kier alpha value is -4.68. The molecule has 0 saturated carbocycles. The lowest BCUT2D eigenvalue weighted by Gasteiger charge is -2.36. The second kappa shape index (κ2) is 18.4. The molecule has 1 saturated heterocycles. The molecule has 1 aliphatic rings. The number of nitrogen functional groups attached to an aromatic ring is 1. The lowest BCUT2D eigenvalue weighted by Crippen LogP contribution is -2.31. The van der Waals surface area contributed by atoms with Gasteiger partial charge in [-0.15, -0.1) is 11.8 Å². The van der Waals surface area contributed by atoms with Crippen LogP contribution in [0.4, 0.5) is 17.1 Å². The lowest BCUT2D eigenvalue weighted by molar-refractivity contribution is -0.245. The maximum absolute atomic E-state index is 12.6. The monoisotopic (exact) mass is 697 g/mol. The van der Waals surface area contributed by atoms with Crippen LogP contribution in [0.15, 0.2) is 102 Å². The van der Waals surface area contributed by atoms with E-state index in [1.165, 1.54) is 11.8 Å². The number of benzene rings is 4. The van der Waals surface area contributed by atoms with Crippen LogP contribution in [0.2, 0.25) is 0 Å². The molecule has 6 N–H and O–H groups in total. The van der Waals surface area contributed by atoms with Gasteiger partial charge in [-0.25, -0.2) is 4.79 Å². The summed E-state index contributed by atoms with van der Waals surface area (Å²) in [5.41, 5.74) is 10.5. The molecule has 0 unspecified atom stereocenters. The topological polar surface area (TPSA) is 160 Å². The minimum Gasteiger partial charge on any atom is -0.478 e. The third-order valence-electron chi connectivity index (χ3n) is 8.42. The van der Waals surface area contributed by atoms with Crippen molar-refractivity contribution in [2.45, 2.75) is 74.9 Å². The van der Waals surface area contributed by atoms with Crippen molar-refractivity contribution in [2.24, 2.45) is 0 Å². The van der Waals surface area contributed by atoms with E-state index in [0.717, 1.165) is 42.4 Å². The Morgan fingerprint density at radius 1 is 0.760 bits per heavy atom. The van der Waals surface area contributed by atoms with E-state index in [0.29, 0.717) is 47.0 Å². The van der Waals surface area contributed by atoms with Gasteiger partial charge in [0.15, 0.2) is 6.29 Å². The van der Waals surface area contributed by atoms with Crippen LogP contribution in [-0.2, 0) is 25.7 Å². The summed E-state index contributed by atoms with van der Waals surface area (Å²) in [6, 6.07) is 29.1. The average Bonchev–Trinajstić information content (AvgIpc) is 3.13. The summed E-state index contributed by atoms with van der Waals surface area (Å²) in [4.78, 5) is 37.2. The van der Waals surface area contributed by atoms with E-state index in [1.807, 2.05) is 66.7 Å². The summed E-state index contributed by atoms with van der Waals surface area (Å²) >= 11 is 1.44. The van der Waals surface area contributed by atoms with Crippen molar-refractivity contribution in [3.8, 4) is 0 Å². The number of carbonyl (C=O) groups is 3. The molecule has 0 bridgehead atoms. The van der Waals surface area contributed by atoms with Crippen molar-refractivity contribution < 1.29 is 34.1 Å². The molecule has 10 nitrogen and oxygen atoms in total. The number of aliphatic hydroxyl groups excluding tert-OH is 1. The maximum atomic E-state index is 12.6. The van der Waals surface area contributed by atoms with Gasteiger partial charge in [-0.3, -0.25) is 9.59 Å². The Balaban J connectivity index is 1.11. The zero-order valence-corrected chi connectivity index (χ0v) is 28.6. The standard InChI is InChI=1S/C39H43N3O7S/c40-32-10-6-7-11-33(32)42-37(45)14-4-2-1-3-13-36(44)41-29-21-19-28(20-22-29)39-48-30(25-50-35-12-8-5-9-31(35)38(46)47)23-34(49-39)27-17-15-26(24-43)16-18-27/h5-12,15-22,30,34,39,43H,1-4,13-14,23-25,40H2,(H,41,44)(H,42,45)(H,46,47)/t30-,34+,39+/m1/s1. The molecule has 50 heavy (non-hydrogen) atoms. The summed E-state index contributed by atoms with van der Waals surface area (Å²) < 4.78 is 12.8. The van der Waals surface area contributed by atoms with Crippen LogP contribution in [0, 0.1) is 0 Å².